The first-order chi connectivity index (χ1) is 13.0. The third-order valence-electron chi connectivity index (χ3n) is 4.15. The maximum Gasteiger partial charge on any atom is 0.345 e. The fourth-order valence-electron chi connectivity index (χ4n) is 2.84. The molecule has 1 unspecified atom stereocenters. The van der Waals surface area contributed by atoms with E-state index >= 15 is 0 Å². The zero-order valence-corrected chi connectivity index (χ0v) is 16.3. The summed E-state index contributed by atoms with van der Waals surface area (Å²) >= 11 is 7.22. The van der Waals surface area contributed by atoms with Crippen LogP contribution in [0.1, 0.15) is 17.0 Å². The molecule has 0 aromatic heterocycles. The minimum atomic E-state index is -0.569. The molecule has 2 aromatic carbocycles. The molecule has 0 saturated carbocycles. The fourth-order valence-corrected chi connectivity index (χ4v) is 4.13. The van der Waals surface area contributed by atoms with Crippen LogP contribution in [0.5, 0.6) is 0 Å². The highest BCUT2D eigenvalue weighted by molar-refractivity contribution is 8.12. The molecule has 0 bridgehead atoms. The van der Waals surface area contributed by atoms with Crippen LogP contribution in [0.15, 0.2) is 71.2 Å². The van der Waals surface area contributed by atoms with Gasteiger partial charge in [-0.3, -0.25) is 0 Å². The van der Waals surface area contributed by atoms with Crippen molar-refractivity contribution in [1.82, 2.24) is 0 Å². The molecule has 0 radical (unpaired) electrons. The average Bonchev–Trinajstić information content (AvgIpc) is 2.72. The van der Waals surface area contributed by atoms with Crippen molar-refractivity contribution in [2.45, 2.75) is 5.92 Å². The van der Waals surface area contributed by atoms with Crippen molar-refractivity contribution in [2.75, 3.05) is 14.2 Å². The first kappa shape index (κ1) is 19.3. The third kappa shape index (κ3) is 4.10. The lowest BCUT2D eigenvalue weighted by molar-refractivity contribution is -0.138. The van der Waals surface area contributed by atoms with Crippen LogP contribution in [0, 0.1) is 0 Å². The van der Waals surface area contributed by atoms with E-state index in [1.54, 1.807) is 12.1 Å². The summed E-state index contributed by atoms with van der Waals surface area (Å²) < 4.78 is 9.89. The van der Waals surface area contributed by atoms with Gasteiger partial charge >= 0.3 is 11.9 Å². The molecule has 2 aromatic rings. The second-order valence-corrected chi connectivity index (χ2v) is 7.24. The summed E-state index contributed by atoms with van der Waals surface area (Å²) in [5, 5.41) is 0.591. The summed E-state index contributed by atoms with van der Waals surface area (Å²) in [6.07, 6.45) is 1.96. The molecule has 0 N–H and O–H groups in total. The maximum absolute atomic E-state index is 12.5. The summed E-state index contributed by atoms with van der Waals surface area (Å²) in [5.74, 6) is -1.59. The Hall–Kier alpha value is -2.50. The Bertz CT molecular complexity index is 917. The van der Waals surface area contributed by atoms with Gasteiger partial charge in [0, 0.05) is 15.8 Å². The van der Waals surface area contributed by atoms with Gasteiger partial charge in [0.05, 0.1) is 19.8 Å². The van der Waals surface area contributed by atoms with Gasteiger partial charge in [0.2, 0.25) is 0 Å². The number of carbonyl (C=O) groups excluding carboxylic acids is 2. The smallest absolute Gasteiger partial charge is 0.345 e. The minimum Gasteiger partial charge on any atom is -0.466 e. The van der Waals surface area contributed by atoms with Gasteiger partial charge in [0.1, 0.15) is 4.91 Å². The zero-order chi connectivity index (χ0) is 19.4. The summed E-state index contributed by atoms with van der Waals surface area (Å²) in [6, 6.07) is 16.8. The van der Waals surface area contributed by atoms with Gasteiger partial charge in [-0.25, -0.2) is 9.59 Å². The largest absolute Gasteiger partial charge is 0.466 e. The molecule has 0 spiro atoms. The second kappa shape index (κ2) is 8.46. The van der Waals surface area contributed by atoms with Crippen molar-refractivity contribution >= 4 is 40.2 Å². The van der Waals surface area contributed by atoms with Crippen LogP contribution in [0.25, 0.3) is 4.91 Å². The van der Waals surface area contributed by atoms with Crippen molar-refractivity contribution in [3.63, 3.8) is 0 Å². The zero-order valence-electron chi connectivity index (χ0n) is 14.8. The summed E-state index contributed by atoms with van der Waals surface area (Å²) in [7, 11) is 2.59. The molecule has 0 amide bonds. The quantitative estimate of drug-likeness (QED) is 0.689. The number of rotatable bonds is 4. The molecule has 0 saturated heterocycles. The molecule has 0 aliphatic carbocycles. The van der Waals surface area contributed by atoms with Crippen LogP contribution in [0.2, 0.25) is 5.02 Å². The lowest BCUT2D eigenvalue weighted by Gasteiger charge is -2.25. The standard InChI is InChI=1S/C21H17ClO4S/c1-25-20(23)18-16(13-8-10-15(22)11-9-13)12-17(14-6-4-3-5-7-14)27-19(18)21(24)26-2/h3-12,16H,1-2H3. The molecule has 1 heterocycles. The predicted molar refractivity (Wildman–Crippen MR) is 107 cm³/mol. The first-order valence-electron chi connectivity index (χ1n) is 8.16. The predicted octanol–water partition coefficient (Wildman–Crippen LogP) is 4.81. The van der Waals surface area contributed by atoms with E-state index in [1.807, 2.05) is 48.5 Å². The molecule has 6 heteroatoms. The number of hydrogen-bond acceptors (Lipinski definition) is 5. The number of hydrogen-bond donors (Lipinski definition) is 0. The number of ether oxygens (including phenoxy) is 2. The number of thioether (sulfide) groups is 1. The van der Waals surface area contributed by atoms with Gasteiger partial charge in [-0.1, -0.05) is 71.9 Å². The van der Waals surface area contributed by atoms with Gasteiger partial charge in [-0.2, -0.15) is 0 Å². The van der Waals surface area contributed by atoms with Crippen LogP contribution in [-0.2, 0) is 19.1 Å². The normalized spacial score (nSPS) is 16.6. The Morgan fingerprint density at radius 2 is 1.56 bits per heavy atom. The fraction of sp³-hybridized carbons (Fsp3) is 0.143. The molecule has 1 aliphatic heterocycles. The van der Waals surface area contributed by atoms with E-state index in [2.05, 4.69) is 0 Å². The van der Waals surface area contributed by atoms with E-state index in [0.29, 0.717) is 5.02 Å². The summed E-state index contributed by atoms with van der Waals surface area (Å²) in [5.41, 5.74) is 2.04. The van der Waals surface area contributed by atoms with Gasteiger partial charge in [0.25, 0.3) is 0 Å². The number of methoxy groups -OCH3 is 2. The van der Waals surface area contributed by atoms with Crippen molar-refractivity contribution < 1.29 is 19.1 Å². The lowest BCUT2D eigenvalue weighted by Crippen LogP contribution is -2.20. The van der Waals surface area contributed by atoms with Crippen LogP contribution < -0.4 is 0 Å². The van der Waals surface area contributed by atoms with Gasteiger partial charge in [0.15, 0.2) is 0 Å². The Morgan fingerprint density at radius 1 is 0.926 bits per heavy atom. The Balaban J connectivity index is 2.19. The SMILES string of the molecule is COC(=O)C1=C(C(=O)OC)C(c2ccc(Cl)cc2)C=C(c2ccccc2)S1. The van der Waals surface area contributed by atoms with Crippen LogP contribution in [0.3, 0.4) is 0 Å². The molecule has 27 heavy (non-hydrogen) atoms. The molecule has 0 fully saturated rings. The number of carbonyl (C=O) groups is 2. The van der Waals surface area contributed by atoms with E-state index in [9.17, 15) is 9.59 Å². The monoisotopic (exact) mass is 400 g/mol. The van der Waals surface area contributed by atoms with Gasteiger partial charge in [-0.15, -0.1) is 0 Å². The Kier molecular flexibility index (Phi) is 6.04. The van der Waals surface area contributed by atoms with E-state index in [0.717, 1.165) is 16.0 Å². The molecule has 4 nitrogen and oxygen atoms in total. The first-order valence-corrected chi connectivity index (χ1v) is 9.36. The highest BCUT2D eigenvalue weighted by Gasteiger charge is 2.34. The maximum atomic E-state index is 12.5. The minimum absolute atomic E-state index is 0.227. The number of benzene rings is 2. The molecule has 3 rings (SSSR count). The highest BCUT2D eigenvalue weighted by atomic mass is 35.5. The van der Waals surface area contributed by atoms with Crippen molar-refractivity contribution in [3.8, 4) is 0 Å². The summed E-state index contributed by atoms with van der Waals surface area (Å²) in [6.45, 7) is 0. The van der Waals surface area contributed by atoms with E-state index in [4.69, 9.17) is 21.1 Å². The van der Waals surface area contributed by atoms with Crippen molar-refractivity contribution in [2.24, 2.45) is 0 Å². The molecule has 138 valence electrons. The third-order valence-corrected chi connectivity index (χ3v) is 5.58. The topological polar surface area (TPSA) is 52.6 Å². The summed E-state index contributed by atoms with van der Waals surface area (Å²) in [4.78, 5) is 26.1. The highest BCUT2D eigenvalue weighted by Crippen LogP contribution is 2.47. The Labute approximate surface area is 166 Å². The van der Waals surface area contributed by atoms with Crippen LogP contribution >= 0.6 is 23.4 Å². The van der Waals surface area contributed by atoms with Crippen LogP contribution in [0.4, 0.5) is 0 Å². The van der Waals surface area contributed by atoms with Crippen molar-refractivity contribution in [3.05, 3.63) is 87.3 Å². The molecule has 1 aliphatic rings. The molecule has 1 atom stereocenters. The van der Waals surface area contributed by atoms with Gasteiger partial charge < -0.3 is 9.47 Å². The van der Waals surface area contributed by atoms with Crippen molar-refractivity contribution in [1.29, 1.82) is 0 Å². The van der Waals surface area contributed by atoms with E-state index in [-0.39, 0.29) is 10.5 Å². The Morgan fingerprint density at radius 3 is 2.15 bits per heavy atom. The number of esters is 2. The van der Waals surface area contributed by atoms with E-state index in [1.165, 1.54) is 26.0 Å². The number of allylic oxidation sites excluding steroid dienone is 1. The average molecular weight is 401 g/mol. The van der Waals surface area contributed by atoms with Gasteiger partial charge in [-0.05, 0) is 23.3 Å². The molecular weight excluding hydrogens is 384 g/mol. The second-order valence-electron chi connectivity index (χ2n) is 5.75. The molecular formula is C21H17ClO4S. The lowest BCUT2D eigenvalue weighted by atomic mass is 9.89. The van der Waals surface area contributed by atoms with E-state index < -0.39 is 17.9 Å². The number of halogens is 1. The van der Waals surface area contributed by atoms with Crippen LogP contribution in [-0.4, -0.2) is 26.2 Å².